The molecule has 2 aliphatic heterocycles. The minimum atomic E-state index is -0.663. The van der Waals surface area contributed by atoms with Crippen LogP contribution in [0.2, 0.25) is 0 Å². The van der Waals surface area contributed by atoms with Crippen LogP contribution in [0, 0.1) is 6.92 Å². The van der Waals surface area contributed by atoms with Crippen molar-refractivity contribution in [2.24, 2.45) is 0 Å². The molecular formula is C29H35N3O6. The molecule has 1 atom stereocenters. The Hall–Kier alpha value is -3.40. The fraction of sp³-hybridized carbons (Fsp3) is 0.448. The van der Waals surface area contributed by atoms with Gasteiger partial charge < -0.3 is 29.1 Å². The molecule has 38 heavy (non-hydrogen) atoms. The molecule has 5 rings (SSSR count). The number of nitrogens with one attached hydrogen (secondary N) is 1. The highest BCUT2D eigenvalue weighted by atomic mass is 16.5. The second-order valence-electron chi connectivity index (χ2n) is 9.88. The van der Waals surface area contributed by atoms with Gasteiger partial charge in [0.05, 0.1) is 25.0 Å². The maximum absolute atomic E-state index is 12.6. The van der Waals surface area contributed by atoms with Crippen molar-refractivity contribution in [2.45, 2.75) is 51.5 Å². The molecule has 0 bridgehead atoms. The molecule has 202 valence electrons. The largest absolute Gasteiger partial charge is 0.490 e. The second kappa shape index (κ2) is 12.4. The highest BCUT2D eigenvalue weighted by molar-refractivity contribution is 5.94. The van der Waals surface area contributed by atoms with Crippen LogP contribution in [0.15, 0.2) is 53.3 Å². The Labute approximate surface area is 222 Å². The molecule has 0 saturated carbocycles. The summed E-state index contributed by atoms with van der Waals surface area (Å²) in [6.45, 7) is 5.94. The Balaban J connectivity index is 1.05. The molecule has 3 aromatic rings. The summed E-state index contributed by atoms with van der Waals surface area (Å²) >= 11 is 0. The van der Waals surface area contributed by atoms with E-state index in [1.165, 1.54) is 17.5 Å². The van der Waals surface area contributed by atoms with Crippen molar-refractivity contribution >= 4 is 5.91 Å². The van der Waals surface area contributed by atoms with Crippen molar-refractivity contribution in [3.05, 3.63) is 77.0 Å². The topological polar surface area (TPSA) is 106 Å². The van der Waals surface area contributed by atoms with Crippen LogP contribution in [0.1, 0.15) is 45.8 Å². The number of carbonyl (C=O) groups is 1. The number of hydrogen-bond donors (Lipinski definition) is 2. The first-order chi connectivity index (χ1) is 18.5. The van der Waals surface area contributed by atoms with Gasteiger partial charge in [0.15, 0.2) is 12.2 Å². The predicted octanol–water partition coefficient (Wildman–Crippen LogP) is 3.27. The van der Waals surface area contributed by atoms with Crippen LogP contribution in [0.4, 0.5) is 0 Å². The Morgan fingerprint density at radius 3 is 2.71 bits per heavy atom. The standard InChI is InChI=1S/C29H35N3O6/c1-20-28(37-19-31-20)18-36-27-7-4-23-16-32(11-8-22(23)14-27)17-24(33)15-30-29(34)21-2-5-25(6-3-21)38-26-9-12-35-13-10-26/h2-7,14,19,24,26,33H,8-13,15-18H2,1H3,(H,30,34). The number of fused-ring (bicyclic) bond motifs is 1. The van der Waals surface area contributed by atoms with E-state index >= 15 is 0 Å². The van der Waals surface area contributed by atoms with E-state index in [9.17, 15) is 9.90 Å². The predicted molar refractivity (Wildman–Crippen MR) is 140 cm³/mol. The lowest BCUT2D eigenvalue weighted by Crippen LogP contribution is -2.42. The number of benzene rings is 2. The summed E-state index contributed by atoms with van der Waals surface area (Å²) in [6, 6.07) is 13.3. The van der Waals surface area contributed by atoms with Crippen molar-refractivity contribution < 1.29 is 28.5 Å². The van der Waals surface area contributed by atoms with E-state index < -0.39 is 6.10 Å². The van der Waals surface area contributed by atoms with Crippen molar-refractivity contribution in [1.82, 2.24) is 15.2 Å². The number of rotatable bonds is 10. The van der Waals surface area contributed by atoms with Gasteiger partial charge in [-0.2, -0.15) is 0 Å². The number of β-amino-alcohol motifs (C(OH)–C–C–N with tert-alkyl or cyclic N) is 1. The summed E-state index contributed by atoms with van der Waals surface area (Å²) in [6.07, 6.45) is 3.55. The van der Waals surface area contributed by atoms with E-state index in [1.807, 2.05) is 25.1 Å². The molecule has 3 heterocycles. The minimum absolute atomic E-state index is 0.158. The summed E-state index contributed by atoms with van der Waals surface area (Å²) in [5, 5.41) is 13.4. The average molecular weight is 522 g/mol. The Morgan fingerprint density at radius 1 is 1.16 bits per heavy atom. The van der Waals surface area contributed by atoms with Gasteiger partial charge in [-0.3, -0.25) is 9.69 Å². The number of aromatic nitrogens is 1. The zero-order valence-electron chi connectivity index (χ0n) is 21.7. The van der Waals surface area contributed by atoms with Crippen LogP contribution in [-0.4, -0.2) is 66.0 Å². The number of nitrogens with zero attached hydrogens (tertiary/aromatic N) is 2. The third kappa shape index (κ3) is 6.92. The lowest BCUT2D eigenvalue weighted by Gasteiger charge is -2.30. The minimum Gasteiger partial charge on any atom is -0.490 e. The molecule has 1 fully saturated rings. The summed E-state index contributed by atoms with van der Waals surface area (Å²) < 4.78 is 22.5. The molecule has 2 aliphatic rings. The first kappa shape index (κ1) is 26.2. The number of aliphatic hydroxyl groups excluding tert-OH is 1. The van der Waals surface area contributed by atoms with Crippen LogP contribution in [0.3, 0.4) is 0 Å². The van der Waals surface area contributed by atoms with Crippen molar-refractivity contribution in [2.75, 3.05) is 32.8 Å². The summed E-state index contributed by atoms with van der Waals surface area (Å²) in [4.78, 5) is 18.9. The first-order valence-corrected chi connectivity index (χ1v) is 13.2. The van der Waals surface area contributed by atoms with E-state index in [1.54, 1.807) is 12.1 Å². The number of hydrogen-bond acceptors (Lipinski definition) is 8. The van der Waals surface area contributed by atoms with Crippen LogP contribution < -0.4 is 14.8 Å². The zero-order chi connectivity index (χ0) is 26.3. The monoisotopic (exact) mass is 521 g/mol. The van der Waals surface area contributed by atoms with Gasteiger partial charge >= 0.3 is 0 Å². The van der Waals surface area contributed by atoms with Gasteiger partial charge in [0.2, 0.25) is 0 Å². The van der Waals surface area contributed by atoms with E-state index in [0.29, 0.717) is 18.7 Å². The smallest absolute Gasteiger partial charge is 0.251 e. The summed E-state index contributed by atoms with van der Waals surface area (Å²) in [7, 11) is 0. The maximum atomic E-state index is 12.6. The van der Waals surface area contributed by atoms with Gasteiger partial charge in [0.1, 0.15) is 24.2 Å². The molecule has 2 N–H and O–H groups in total. The Kier molecular flexibility index (Phi) is 8.58. The van der Waals surface area contributed by atoms with Gasteiger partial charge in [0, 0.05) is 44.6 Å². The van der Waals surface area contributed by atoms with Gasteiger partial charge in [-0.25, -0.2) is 4.98 Å². The van der Waals surface area contributed by atoms with Crippen LogP contribution in [0.5, 0.6) is 11.5 Å². The molecule has 1 aromatic heterocycles. The molecular weight excluding hydrogens is 486 g/mol. The quantitative estimate of drug-likeness (QED) is 0.419. The Bertz CT molecular complexity index is 1210. The van der Waals surface area contributed by atoms with E-state index in [2.05, 4.69) is 27.3 Å². The maximum Gasteiger partial charge on any atom is 0.251 e. The van der Waals surface area contributed by atoms with E-state index in [-0.39, 0.29) is 18.6 Å². The fourth-order valence-corrected chi connectivity index (χ4v) is 4.79. The van der Waals surface area contributed by atoms with Gasteiger partial charge in [-0.05, 0) is 60.9 Å². The fourth-order valence-electron chi connectivity index (χ4n) is 4.79. The highest BCUT2D eigenvalue weighted by Gasteiger charge is 2.20. The van der Waals surface area contributed by atoms with Crippen LogP contribution in [-0.2, 0) is 24.3 Å². The van der Waals surface area contributed by atoms with Crippen LogP contribution in [0.25, 0.3) is 0 Å². The molecule has 2 aromatic carbocycles. The van der Waals surface area contributed by atoms with Gasteiger partial charge in [-0.15, -0.1) is 0 Å². The molecule has 0 radical (unpaired) electrons. The number of aryl methyl sites for hydroxylation is 1. The van der Waals surface area contributed by atoms with E-state index in [4.69, 9.17) is 18.6 Å². The highest BCUT2D eigenvalue weighted by Crippen LogP contribution is 2.25. The molecule has 1 amide bonds. The SMILES string of the molecule is Cc1ncoc1COc1ccc2c(c1)CCN(CC(O)CNC(=O)c1ccc(OC3CCOCC3)cc1)C2. The molecule has 1 saturated heterocycles. The third-order valence-corrected chi connectivity index (χ3v) is 7.04. The second-order valence-corrected chi connectivity index (χ2v) is 9.88. The molecule has 0 aliphatic carbocycles. The normalized spacial score (nSPS) is 17.0. The van der Waals surface area contributed by atoms with Crippen molar-refractivity contribution in [3.63, 3.8) is 0 Å². The molecule has 0 spiro atoms. The first-order valence-electron chi connectivity index (χ1n) is 13.2. The number of aliphatic hydroxyl groups is 1. The average Bonchev–Trinajstić information content (AvgIpc) is 3.36. The molecule has 9 heteroatoms. The number of oxazole rings is 1. The van der Waals surface area contributed by atoms with Gasteiger partial charge in [0.25, 0.3) is 5.91 Å². The lowest BCUT2D eigenvalue weighted by molar-refractivity contribution is 0.0255. The lowest BCUT2D eigenvalue weighted by atomic mass is 9.99. The Morgan fingerprint density at radius 2 is 1.95 bits per heavy atom. The number of amides is 1. The van der Waals surface area contributed by atoms with Gasteiger partial charge in [-0.1, -0.05) is 6.07 Å². The number of carbonyl (C=O) groups excluding carboxylic acids is 1. The van der Waals surface area contributed by atoms with Crippen molar-refractivity contribution in [3.8, 4) is 11.5 Å². The third-order valence-electron chi connectivity index (χ3n) is 7.04. The molecule has 1 unspecified atom stereocenters. The molecule has 9 nitrogen and oxygen atoms in total. The zero-order valence-corrected chi connectivity index (χ0v) is 21.7. The number of ether oxygens (including phenoxy) is 3. The van der Waals surface area contributed by atoms with E-state index in [0.717, 1.165) is 68.5 Å². The summed E-state index contributed by atoms with van der Waals surface area (Å²) in [5.41, 5.74) is 3.85. The summed E-state index contributed by atoms with van der Waals surface area (Å²) in [5.74, 6) is 2.08. The van der Waals surface area contributed by atoms with Crippen LogP contribution >= 0.6 is 0 Å². The van der Waals surface area contributed by atoms with Crippen molar-refractivity contribution in [1.29, 1.82) is 0 Å².